The molecular formula is C26H32BrN5O. The molecule has 2 heterocycles. The van der Waals surface area contributed by atoms with Crippen molar-refractivity contribution in [2.24, 2.45) is 7.05 Å². The van der Waals surface area contributed by atoms with Crippen molar-refractivity contribution >= 4 is 27.5 Å². The fourth-order valence-corrected chi connectivity index (χ4v) is 4.68. The van der Waals surface area contributed by atoms with E-state index in [2.05, 4.69) is 79.8 Å². The molecule has 1 N–H and O–H groups in total. The summed E-state index contributed by atoms with van der Waals surface area (Å²) in [6.45, 7) is 4.98. The third-order valence-electron chi connectivity index (χ3n) is 6.07. The Kier molecular flexibility index (Phi) is 8.18. The summed E-state index contributed by atoms with van der Waals surface area (Å²) >= 11 is 3.60. The van der Waals surface area contributed by atoms with Crippen LogP contribution in [0.5, 0.6) is 0 Å². The summed E-state index contributed by atoms with van der Waals surface area (Å²) < 4.78 is 2.82. The highest BCUT2D eigenvalue weighted by Crippen LogP contribution is 2.24. The minimum atomic E-state index is 0.184. The van der Waals surface area contributed by atoms with Crippen LogP contribution in [-0.2, 0) is 31.4 Å². The van der Waals surface area contributed by atoms with E-state index in [1.165, 1.54) is 5.56 Å². The number of halogens is 1. The molecule has 0 fully saturated rings. The number of rotatable bonds is 5. The maximum atomic E-state index is 13.3. The molecule has 1 aliphatic heterocycles. The number of hydrogen-bond acceptors (Lipinski definition) is 4. The van der Waals surface area contributed by atoms with E-state index in [-0.39, 0.29) is 5.91 Å². The number of aryl methyl sites for hydroxylation is 2. The summed E-state index contributed by atoms with van der Waals surface area (Å²) in [4.78, 5) is 17.8. The first-order valence-electron chi connectivity index (χ1n) is 11.6. The van der Waals surface area contributed by atoms with Crippen LogP contribution >= 0.6 is 15.9 Å². The smallest absolute Gasteiger partial charge is 0.223 e. The largest absolute Gasteiger partial charge is 0.385 e. The average molecular weight is 510 g/mol. The van der Waals surface area contributed by atoms with E-state index >= 15 is 0 Å². The van der Waals surface area contributed by atoms with E-state index in [1.54, 1.807) is 4.68 Å². The van der Waals surface area contributed by atoms with Gasteiger partial charge in [0.25, 0.3) is 0 Å². The predicted octanol–water partition coefficient (Wildman–Crippen LogP) is 4.46. The van der Waals surface area contributed by atoms with Gasteiger partial charge in [-0.05, 0) is 47.7 Å². The molecule has 7 heteroatoms. The summed E-state index contributed by atoms with van der Waals surface area (Å²) in [5.41, 5.74) is 4.66. The topological polar surface area (TPSA) is 53.4 Å². The first-order chi connectivity index (χ1) is 16.1. The van der Waals surface area contributed by atoms with Gasteiger partial charge in [-0.25, -0.2) is 0 Å². The van der Waals surface area contributed by atoms with Crippen molar-refractivity contribution in [3.63, 3.8) is 0 Å². The molecule has 33 heavy (non-hydrogen) atoms. The number of carbonyl (C=O) groups excluding carboxylic acids is 1. The highest BCUT2D eigenvalue weighted by Gasteiger charge is 2.19. The van der Waals surface area contributed by atoms with Gasteiger partial charge in [-0.3, -0.25) is 14.4 Å². The zero-order valence-electron chi connectivity index (χ0n) is 19.2. The molecule has 0 spiro atoms. The van der Waals surface area contributed by atoms with Gasteiger partial charge < -0.3 is 10.2 Å². The molecular weight excluding hydrogens is 478 g/mol. The van der Waals surface area contributed by atoms with Crippen LogP contribution in [0.15, 0.2) is 65.4 Å². The highest BCUT2D eigenvalue weighted by atomic mass is 79.9. The minimum Gasteiger partial charge on any atom is -0.385 e. The normalized spacial score (nSPS) is 15.4. The van der Waals surface area contributed by atoms with Crippen molar-refractivity contribution in [1.82, 2.24) is 19.6 Å². The molecule has 6 nitrogen and oxygen atoms in total. The van der Waals surface area contributed by atoms with Gasteiger partial charge in [0.1, 0.15) is 0 Å². The number of anilines is 1. The fraction of sp³-hybridized carbons (Fsp3) is 0.385. The molecule has 174 valence electrons. The average Bonchev–Trinajstić information content (AvgIpc) is 3.22. The second-order valence-corrected chi connectivity index (χ2v) is 9.60. The van der Waals surface area contributed by atoms with Crippen molar-refractivity contribution in [2.45, 2.75) is 32.4 Å². The zero-order valence-corrected chi connectivity index (χ0v) is 20.8. The Balaban J connectivity index is 1.50. The fourth-order valence-electron chi connectivity index (χ4n) is 4.27. The molecule has 0 saturated carbocycles. The van der Waals surface area contributed by atoms with Crippen LogP contribution in [0.1, 0.15) is 29.5 Å². The van der Waals surface area contributed by atoms with Gasteiger partial charge in [0, 0.05) is 69.1 Å². The molecule has 0 atom stereocenters. The summed E-state index contributed by atoms with van der Waals surface area (Å²) in [5, 5.41) is 7.82. The number of nitrogens with zero attached hydrogens (tertiary/aromatic N) is 4. The molecule has 3 aromatic rings. The van der Waals surface area contributed by atoms with E-state index in [0.29, 0.717) is 25.9 Å². The van der Waals surface area contributed by atoms with Gasteiger partial charge in [-0.15, -0.1) is 0 Å². The quantitative estimate of drug-likeness (QED) is 0.551. The molecule has 1 aromatic heterocycles. The molecule has 0 saturated heterocycles. The Morgan fingerprint density at radius 2 is 1.94 bits per heavy atom. The monoisotopic (exact) mass is 509 g/mol. The Labute approximate surface area is 204 Å². The third-order valence-corrected chi connectivity index (χ3v) is 6.56. The van der Waals surface area contributed by atoms with Crippen molar-refractivity contribution in [3.05, 3.63) is 82.1 Å². The van der Waals surface area contributed by atoms with Crippen LogP contribution < -0.4 is 5.32 Å². The second-order valence-electron chi connectivity index (χ2n) is 8.68. The molecule has 0 radical (unpaired) electrons. The van der Waals surface area contributed by atoms with E-state index < -0.39 is 0 Å². The van der Waals surface area contributed by atoms with Gasteiger partial charge in [0.2, 0.25) is 5.91 Å². The van der Waals surface area contributed by atoms with Gasteiger partial charge in [-0.1, -0.05) is 46.3 Å². The predicted molar refractivity (Wildman–Crippen MR) is 136 cm³/mol. The first-order valence-corrected chi connectivity index (χ1v) is 12.4. The van der Waals surface area contributed by atoms with Gasteiger partial charge >= 0.3 is 0 Å². The first kappa shape index (κ1) is 23.5. The summed E-state index contributed by atoms with van der Waals surface area (Å²) in [6, 6.07) is 16.9. The molecule has 0 unspecified atom stereocenters. The van der Waals surface area contributed by atoms with Gasteiger partial charge in [-0.2, -0.15) is 5.10 Å². The number of nitrogens with one attached hydrogen (secondary N) is 1. The van der Waals surface area contributed by atoms with Crippen LogP contribution in [0.25, 0.3) is 0 Å². The van der Waals surface area contributed by atoms with E-state index in [1.807, 2.05) is 24.3 Å². The summed E-state index contributed by atoms with van der Waals surface area (Å²) in [7, 11) is 1.90. The molecule has 1 amide bonds. The van der Waals surface area contributed by atoms with Crippen LogP contribution in [0.3, 0.4) is 0 Å². The van der Waals surface area contributed by atoms with Crippen molar-refractivity contribution in [1.29, 1.82) is 0 Å². The summed E-state index contributed by atoms with van der Waals surface area (Å²) in [6.07, 6.45) is 6.08. The van der Waals surface area contributed by atoms with Crippen LogP contribution in [0.4, 0.5) is 5.69 Å². The zero-order chi connectivity index (χ0) is 23.0. The standard InChI is InChI=1S/C26H32BrN5O/c1-30-18-22(17-29-30)8-11-26(33)32-15-14-31(19-21-6-3-2-4-7-21)13-5-12-28-25-10-9-24(27)16-23(25)20-32/h2-4,6-7,9-10,16-18,28H,5,8,11-15,19-20H2,1H3. The number of benzene rings is 2. The lowest BCUT2D eigenvalue weighted by molar-refractivity contribution is -0.132. The lowest BCUT2D eigenvalue weighted by Gasteiger charge is -2.28. The third kappa shape index (κ3) is 6.92. The Hall–Kier alpha value is -2.64. The van der Waals surface area contributed by atoms with Gasteiger partial charge in [0.05, 0.1) is 6.20 Å². The number of hydrogen-bond donors (Lipinski definition) is 1. The van der Waals surface area contributed by atoms with Crippen LogP contribution in [0, 0.1) is 0 Å². The van der Waals surface area contributed by atoms with E-state index in [9.17, 15) is 4.79 Å². The molecule has 0 aliphatic carbocycles. The van der Waals surface area contributed by atoms with E-state index in [0.717, 1.165) is 53.9 Å². The number of carbonyl (C=O) groups is 1. The lowest BCUT2D eigenvalue weighted by atomic mass is 10.1. The number of aromatic nitrogens is 2. The van der Waals surface area contributed by atoms with Gasteiger partial charge in [0.15, 0.2) is 0 Å². The van der Waals surface area contributed by atoms with Crippen molar-refractivity contribution in [2.75, 3.05) is 31.5 Å². The second kappa shape index (κ2) is 11.5. The minimum absolute atomic E-state index is 0.184. The Bertz CT molecular complexity index is 1050. The highest BCUT2D eigenvalue weighted by molar-refractivity contribution is 9.10. The lowest BCUT2D eigenvalue weighted by Crippen LogP contribution is -2.38. The maximum Gasteiger partial charge on any atom is 0.223 e. The molecule has 0 bridgehead atoms. The summed E-state index contributed by atoms with van der Waals surface area (Å²) in [5.74, 6) is 0.184. The SMILES string of the molecule is Cn1cc(CCC(=O)N2CCN(Cc3ccccc3)CCCNc3ccc(Br)cc3C2)cn1. The van der Waals surface area contributed by atoms with Crippen molar-refractivity contribution in [3.8, 4) is 0 Å². The Morgan fingerprint density at radius 3 is 2.73 bits per heavy atom. The van der Waals surface area contributed by atoms with E-state index in [4.69, 9.17) is 0 Å². The molecule has 4 rings (SSSR count). The number of fused-ring (bicyclic) bond motifs is 1. The maximum absolute atomic E-state index is 13.3. The van der Waals surface area contributed by atoms with Crippen molar-refractivity contribution < 1.29 is 4.79 Å². The molecule has 2 aromatic carbocycles. The molecule has 1 aliphatic rings. The Morgan fingerprint density at radius 1 is 1.09 bits per heavy atom. The van der Waals surface area contributed by atoms with Crippen LogP contribution in [-0.4, -0.2) is 51.7 Å². The van der Waals surface area contributed by atoms with Crippen LogP contribution in [0.2, 0.25) is 0 Å². The number of amides is 1.